The van der Waals surface area contributed by atoms with E-state index in [4.69, 9.17) is 9.52 Å². The molecule has 0 fully saturated rings. The molecule has 186 valence electrons. The summed E-state index contributed by atoms with van der Waals surface area (Å²) in [5, 5.41) is 5.12. The topological polar surface area (TPSA) is 32.0 Å². The van der Waals surface area contributed by atoms with Crippen LogP contribution in [0.4, 0.5) is 0 Å². The minimum absolute atomic E-state index is 0.0557. The van der Waals surface area contributed by atoms with Gasteiger partial charge in [0, 0.05) is 0 Å². The first kappa shape index (κ1) is 25.2. The quantitative estimate of drug-likeness (QED) is 0.242. The molecule has 0 bridgehead atoms. The summed E-state index contributed by atoms with van der Waals surface area (Å²) in [6.45, 7) is 11.7. The van der Waals surface area contributed by atoms with Crippen molar-refractivity contribution >= 4 is 23.9 Å². The molecule has 36 heavy (non-hydrogen) atoms. The summed E-state index contributed by atoms with van der Waals surface area (Å²) in [7, 11) is -2.22. The van der Waals surface area contributed by atoms with Crippen LogP contribution in [0.1, 0.15) is 50.2 Å². The van der Waals surface area contributed by atoms with Crippen molar-refractivity contribution in [2.75, 3.05) is 0 Å². The Kier molecular flexibility index (Phi) is 6.58. The van der Waals surface area contributed by atoms with Gasteiger partial charge in [0.05, 0.1) is 0 Å². The molecule has 2 heterocycles. The van der Waals surface area contributed by atoms with E-state index >= 15 is 0 Å². The van der Waals surface area contributed by atoms with Crippen LogP contribution in [0.5, 0.6) is 0 Å². The number of nitrogens with zero attached hydrogens (tertiary/aromatic N) is 3. The number of hydrogen-bond donors (Lipinski definition) is 0. The van der Waals surface area contributed by atoms with Crippen molar-refractivity contribution in [1.82, 2.24) is 14.3 Å². The first-order valence-electron chi connectivity index (χ1n) is 12.7. The number of para-hydroxylation sites is 1. The molecule has 0 spiro atoms. The molecule has 0 amide bonds. The minimum atomic E-state index is -2.22. The molecular weight excluding hydrogens is 525 g/mol. The molecule has 0 aliphatic carbocycles. The first-order chi connectivity index (χ1) is 17.1. The van der Waals surface area contributed by atoms with Gasteiger partial charge in [0.2, 0.25) is 0 Å². The van der Waals surface area contributed by atoms with Crippen molar-refractivity contribution in [3.05, 3.63) is 112 Å². The molecule has 0 saturated heterocycles. The van der Waals surface area contributed by atoms with Crippen LogP contribution in [-0.4, -0.2) is 38.2 Å². The van der Waals surface area contributed by atoms with Gasteiger partial charge >= 0.3 is 224 Å². The molecule has 1 aliphatic heterocycles. The maximum absolute atomic E-state index is 7.64. The fraction of sp³-hybridized carbons (Fsp3) is 0.333. The molecule has 1 aromatic heterocycles. The second-order valence-corrected chi connectivity index (χ2v) is 16.7. The van der Waals surface area contributed by atoms with Gasteiger partial charge in [0.15, 0.2) is 0 Å². The fourth-order valence-corrected chi connectivity index (χ4v) is 7.36. The standard InChI is InChI=1S/C30H35N3OSeSi/c1-29(2,3)36(4,5)34-30(23-15-9-6-10-16-23,24-17-11-7-12-18-24)26-21-22-27-31-33(28(35)32(26)27)25-19-13-8-14-20-25/h6-20,26H,21-22H2,1-5H3/t26-/m0/s1. The number of aromatic nitrogens is 3. The predicted molar refractivity (Wildman–Crippen MR) is 150 cm³/mol. The van der Waals surface area contributed by atoms with Crippen molar-refractivity contribution in [2.24, 2.45) is 0 Å². The number of benzene rings is 3. The van der Waals surface area contributed by atoms with Crippen LogP contribution in [0.3, 0.4) is 0 Å². The van der Waals surface area contributed by atoms with Gasteiger partial charge in [-0.15, -0.1) is 0 Å². The van der Waals surface area contributed by atoms with Crippen LogP contribution in [0.15, 0.2) is 91.0 Å². The Balaban J connectivity index is 1.78. The predicted octanol–water partition coefficient (Wildman–Crippen LogP) is 6.83. The van der Waals surface area contributed by atoms with Crippen LogP contribution in [0, 0.1) is 4.32 Å². The molecule has 0 unspecified atom stereocenters. The number of fused-ring (bicyclic) bond motifs is 1. The summed E-state index contributed by atoms with van der Waals surface area (Å²) < 4.78 is 13.1. The van der Waals surface area contributed by atoms with Crippen LogP contribution < -0.4 is 0 Å². The molecule has 4 nitrogen and oxygen atoms in total. The SMILES string of the molecule is CC(C)(C)[Si](C)(C)OC(c1ccccc1)(c1ccccc1)[C@@H]1CCc2nn(-c3ccccc3)c(=[Se])n21. The monoisotopic (exact) mass is 561 g/mol. The number of rotatable bonds is 6. The Hall–Kier alpha value is -2.50. The van der Waals surface area contributed by atoms with E-state index in [9.17, 15) is 0 Å². The van der Waals surface area contributed by atoms with Crippen molar-refractivity contribution in [2.45, 2.75) is 63.4 Å². The Labute approximate surface area is 223 Å². The summed E-state index contributed by atoms with van der Waals surface area (Å²) in [5.74, 6) is 1.09. The third kappa shape index (κ3) is 4.20. The van der Waals surface area contributed by atoms with Gasteiger partial charge in [0.1, 0.15) is 0 Å². The van der Waals surface area contributed by atoms with Gasteiger partial charge in [0.25, 0.3) is 0 Å². The summed E-state index contributed by atoms with van der Waals surface area (Å²) in [6.07, 6.45) is 1.87. The van der Waals surface area contributed by atoms with E-state index in [1.54, 1.807) is 0 Å². The maximum atomic E-state index is 7.64. The molecule has 6 heteroatoms. The van der Waals surface area contributed by atoms with Crippen molar-refractivity contribution in [3.8, 4) is 5.69 Å². The molecule has 1 atom stereocenters. The van der Waals surface area contributed by atoms with E-state index < -0.39 is 13.9 Å². The van der Waals surface area contributed by atoms with Gasteiger partial charge in [-0.05, 0) is 0 Å². The Morgan fingerprint density at radius 2 is 1.33 bits per heavy atom. The van der Waals surface area contributed by atoms with E-state index in [1.165, 1.54) is 11.1 Å². The van der Waals surface area contributed by atoms with Crippen LogP contribution in [-0.2, 0) is 16.4 Å². The molecule has 0 saturated carbocycles. The summed E-state index contributed by atoms with van der Waals surface area (Å²) in [4.78, 5) is 0. The number of aryl methyl sites for hydroxylation is 1. The summed E-state index contributed by atoms with van der Waals surface area (Å²) in [5.41, 5.74) is 2.80. The second-order valence-electron chi connectivity index (χ2n) is 11.2. The fourth-order valence-electron chi connectivity index (χ4n) is 5.08. The van der Waals surface area contributed by atoms with Crippen molar-refractivity contribution < 1.29 is 4.43 Å². The average Bonchev–Trinajstić information content (AvgIpc) is 3.44. The van der Waals surface area contributed by atoms with Gasteiger partial charge in [-0.25, -0.2) is 0 Å². The molecule has 0 N–H and O–H groups in total. The molecule has 0 radical (unpaired) electrons. The summed E-state index contributed by atoms with van der Waals surface area (Å²) >= 11 is 3.37. The third-order valence-electron chi connectivity index (χ3n) is 7.93. The van der Waals surface area contributed by atoms with Gasteiger partial charge in [-0.2, -0.15) is 0 Å². The van der Waals surface area contributed by atoms with Crippen LogP contribution in [0.25, 0.3) is 5.69 Å². The van der Waals surface area contributed by atoms with Crippen LogP contribution in [0.2, 0.25) is 18.1 Å². The van der Waals surface area contributed by atoms with E-state index in [1.807, 2.05) is 10.7 Å². The molecular formula is C30H35N3OSeSi. The van der Waals surface area contributed by atoms with Gasteiger partial charge in [-0.1, -0.05) is 0 Å². The molecule has 4 aromatic rings. The Morgan fingerprint density at radius 3 is 1.83 bits per heavy atom. The zero-order chi connectivity index (χ0) is 25.6. The number of hydrogen-bond acceptors (Lipinski definition) is 2. The van der Waals surface area contributed by atoms with E-state index in [0.717, 1.165) is 28.7 Å². The molecule has 3 aromatic carbocycles. The van der Waals surface area contributed by atoms with E-state index in [-0.39, 0.29) is 11.1 Å². The van der Waals surface area contributed by atoms with Crippen LogP contribution >= 0.6 is 0 Å². The Bertz CT molecular complexity index is 1350. The van der Waals surface area contributed by atoms with Crippen molar-refractivity contribution in [1.29, 1.82) is 0 Å². The average molecular weight is 561 g/mol. The molecule has 1 aliphatic rings. The van der Waals surface area contributed by atoms with E-state index in [0.29, 0.717) is 0 Å². The van der Waals surface area contributed by atoms with Gasteiger partial charge < -0.3 is 0 Å². The van der Waals surface area contributed by atoms with Gasteiger partial charge in [-0.3, -0.25) is 0 Å². The normalized spacial score (nSPS) is 16.2. The Morgan fingerprint density at radius 1 is 0.833 bits per heavy atom. The third-order valence-corrected chi connectivity index (χ3v) is 13.2. The summed E-state index contributed by atoms with van der Waals surface area (Å²) in [6, 6.07) is 32.1. The van der Waals surface area contributed by atoms with E-state index in [2.05, 4.69) is 139 Å². The first-order valence-corrected chi connectivity index (χ1v) is 16.5. The van der Waals surface area contributed by atoms with Crippen molar-refractivity contribution in [3.63, 3.8) is 0 Å². The zero-order valence-corrected chi connectivity index (χ0v) is 24.5. The second kappa shape index (κ2) is 9.42. The zero-order valence-electron chi connectivity index (χ0n) is 21.8. The molecule has 5 rings (SSSR count).